The van der Waals surface area contributed by atoms with Gasteiger partial charge in [0.05, 0.1) is 17.1 Å². The number of rotatable bonds is 7. The molecule has 0 spiro atoms. The van der Waals surface area contributed by atoms with Crippen LogP contribution in [0, 0.1) is 6.92 Å². The number of hydrogen-bond donors (Lipinski definition) is 1. The van der Waals surface area contributed by atoms with Gasteiger partial charge >= 0.3 is 0 Å². The van der Waals surface area contributed by atoms with Gasteiger partial charge < -0.3 is 25.8 Å². The molecule has 2 aliphatic carbocycles. The Balaban J connectivity index is 0.931. The number of fused-ring (bicyclic) bond motifs is 2. The molecule has 2 heterocycles. The standard InChI is InChI=1S/C46H41N5/c1-32-12-5-9-19-43(32)50(44-21-11-14-33-13-6-7-17-39(33)44)38-28-26-35(27-29-38)42-31-47-41(30-48-42)34-22-24-36(25-23-34)46-49-40-18-8-10-20-45(40)51(46)37-15-3-2-4-16-37/h2-22,24,26,28,31,41,46,49H,23,25,27,29-30H2,1H3/q-2. The maximum atomic E-state index is 5.10. The SMILES string of the molecule is Cc1ccccc1N(C1=CC=C(C2=C[N-]C(C3=CC=C(C4Nc5ccccc5N4c4ccccc4)CC3)C[N-]2)CC1)c1cccc2ccccc12. The Labute approximate surface area is 301 Å². The van der Waals surface area contributed by atoms with Crippen LogP contribution in [0.15, 0.2) is 180 Å². The topological polar surface area (TPSA) is 46.7 Å². The van der Waals surface area contributed by atoms with Gasteiger partial charge in [-0.15, -0.1) is 12.6 Å². The third-order valence-corrected chi connectivity index (χ3v) is 10.7. The van der Waals surface area contributed by atoms with Crippen LogP contribution in [-0.2, 0) is 0 Å². The molecule has 2 atom stereocenters. The van der Waals surface area contributed by atoms with E-state index < -0.39 is 0 Å². The highest BCUT2D eigenvalue weighted by Gasteiger charge is 2.32. The molecule has 5 aromatic carbocycles. The zero-order valence-electron chi connectivity index (χ0n) is 28.9. The van der Waals surface area contributed by atoms with Gasteiger partial charge in [0.15, 0.2) is 0 Å². The lowest BCUT2D eigenvalue weighted by atomic mass is 9.90. The van der Waals surface area contributed by atoms with Gasteiger partial charge in [-0.25, -0.2) is 0 Å². The minimum atomic E-state index is 0.0978. The number of benzene rings is 5. The highest BCUT2D eigenvalue weighted by atomic mass is 15.3. The van der Waals surface area contributed by atoms with Gasteiger partial charge in [0.25, 0.3) is 0 Å². The molecule has 0 saturated heterocycles. The summed E-state index contributed by atoms with van der Waals surface area (Å²) in [5, 5.41) is 16.5. The van der Waals surface area contributed by atoms with E-state index in [1.807, 2.05) is 6.20 Å². The summed E-state index contributed by atoms with van der Waals surface area (Å²) in [5.41, 5.74) is 13.6. The van der Waals surface area contributed by atoms with Gasteiger partial charge in [0.1, 0.15) is 6.17 Å². The van der Waals surface area contributed by atoms with Crippen LogP contribution in [-0.4, -0.2) is 18.8 Å². The molecule has 252 valence electrons. The van der Waals surface area contributed by atoms with E-state index in [1.54, 1.807) is 0 Å². The first-order chi connectivity index (χ1) is 25.2. The monoisotopic (exact) mass is 663 g/mol. The minimum Gasteiger partial charge on any atom is -0.687 e. The molecule has 2 unspecified atom stereocenters. The fourth-order valence-electron chi connectivity index (χ4n) is 7.98. The normalized spacial score (nSPS) is 19.7. The second-order valence-corrected chi connectivity index (χ2v) is 13.7. The lowest BCUT2D eigenvalue weighted by Crippen LogP contribution is -2.34. The summed E-state index contributed by atoms with van der Waals surface area (Å²) in [7, 11) is 0. The van der Waals surface area contributed by atoms with Crippen LogP contribution >= 0.6 is 0 Å². The van der Waals surface area contributed by atoms with E-state index in [0.29, 0.717) is 6.54 Å². The van der Waals surface area contributed by atoms with Crippen molar-refractivity contribution < 1.29 is 0 Å². The smallest absolute Gasteiger partial charge is 0.126 e. The Morgan fingerprint density at radius 2 is 1.41 bits per heavy atom. The van der Waals surface area contributed by atoms with E-state index in [4.69, 9.17) is 10.6 Å². The summed E-state index contributed by atoms with van der Waals surface area (Å²) in [6.45, 7) is 2.90. The Hall–Kier alpha value is -5.94. The van der Waals surface area contributed by atoms with Gasteiger partial charge in [0, 0.05) is 22.5 Å². The summed E-state index contributed by atoms with van der Waals surface area (Å²) in [6.07, 6.45) is 15.1. The third kappa shape index (κ3) is 5.89. The van der Waals surface area contributed by atoms with Crippen LogP contribution in [0.5, 0.6) is 0 Å². The number of nitrogens with zero attached hydrogens (tertiary/aromatic N) is 4. The molecule has 0 saturated carbocycles. The lowest BCUT2D eigenvalue weighted by Gasteiger charge is -2.48. The molecule has 4 aliphatic rings. The van der Waals surface area contributed by atoms with Crippen LogP contribution in [0.3, 0.4) is 0 Å². The molecular weight excluding hydrogens is 623 g/mol. The summed E-state index contributed by atoms with van der Waals surface area (Å²) >= 11 is 0. The summed E-state index contributed by atoms with van der Waals surface area (Å²) in [6, 6.07) is 43.3. The van der Waals surface area contributed by atoms with E-state index in [2.05, 4.69) is 168 Å². The summed E-state index contributed by atoms with van der Waals surface area (Å²) in [4.78, 5) is 4.88. The average molecular weight is 664 g/mol. The maximum absolute atomic E-state index is 5.10. The molecule has 5 nitrogen and oxygen atoms in total. The molecular formula is C46H41N5-2. The van der Waals surface area contributed by atoms with Crippen LogP contribution in [0.1, 0.15) is 31.2 Å². The van der Waals surface area contributed by atoms with E-state index >= 15 is 0 Å². The number of para-hydroxylation sites is 4. The van der Waals surface area contributed by atoms with Gasteiger partial charge in [0.2, 0.25) is 0 Å². The van der Waals surface area contributed by atoms with Crippen LogP contribution in [0.4, 0.5) is 28.4 Å². The molecule has 2 aliphatic heterocycles. The largest absolute Gasteiger partial charge is 0.687 e. The molecule has 5 heteroatoms. The van der Waals surface area contributed by atoms with Crippen molar-refractivity contribution in [2.24, 2.45) is 0 Å². The second kappa shape index (κ2) is 13.4. The first kappa shape index (κ1) is 31.1. The fourth-order valence-corrected chi connectivity index (χ4v) is 7.98. The van der Waals surface area contributed by atoms with E-state index in [1.165, 1.54) is 67.2 Å². The van der Waals surface area contributed by atoms with Crippen LogP contribution in [0.2, 0.25) is 0 Å². The van der Waals surface area contributed by atoms with E-state index in [9.17, 15) is 0 Å². The minimum absolute atomic E-state index is 0.0978. The first-order valence-electron chi connectivity index (χ1n) is 18.1. The van der Waals surface area contributed by atoms with Crippen molar-refractivity contribution in [2.75, 3.05) is 21.7 Å². The fraction of sp³-hybridized carbons (Fsp3) is 0.174. The molecule has 0 aromatic heterocycles. The molecule has 5 aromatic rings. The Kier molecular flexibility index (Phi) is 8.17. The molecule has 1 N–H and O–H groups in total. The highest BCUT2D eigenvalue weighted by molar-refractivity contribution is 5.97. The van der Waals surface area contributed by atoms with Gasteiger partial charge in [-0.1, -0.05) is 114 Å². The molecule has 0 bridgehead atoms. The molecule has 0 fully saturated rings. The predicted octanol–water partition coefficient (Wildman–Crippen LogP) is 12.1. The van der Waals surface area contributed by atoms with Crippen molar-refractivity contribution >= 4 is 39.2 Å². The number of hydrogen-bond acceptors (Lipinski definition) is 3. The van der Waals surface area contributed by atoms with Gasteiger partial charge in [-0.3, -0.25) is 0 Å². The average Bonchev–Trinajstić information content (AvgIpc) is 3.59. The van der Waals surface area contributed by atoms with Crippen LogP contribution in [0.25, 0.3) is 21.4 Å². The number of nitrogens with one attached hydrogen (secondary N) is 1. The highest BCUT2D eigenvalue weighted by Crippen LogP contribution is 2.45. The van der Waals surface area contributed by atoms with Crippen LogP contribution < -0.4 is 15.1 Å². The van der Waals surface area contributed by atoms with Crippen molar-refractivity contribution in [1.29, 1.82) is 0 Å². The maximum Gasteiger partial charge on any atom is 0.126 e. The number of aryl methyl sites for hydroxylation is 1. The quantitative estimate of drug-likeness (QED) is 0.188. The van der Waals surface area contributed by atoms with Gasteiger partial charge in [-0.2, -0.15) is 11.9 Å². The molecule has 0 amide bonds. The number of anilines is 5. The molecule has 51 heavy (non-hydrogen) atoms. The molecule has 9 rings (SSSR count). The Bertz CT molecular complexity index is 2250. The zero-order valence-corrected chi connectivity index (χ0v) is 28.9. The molecule has 0 radical (unpaired) electrons. The summed E-state index contributed by atoms with van der Waals surface area (Å²) < 4.78 is 0. The first-order valence-corrected chi connectivity index (χ1v) is 18.1. The third-order valence-electron chi connectivity index (χ3n) is 10.7. The number of allylic oxidation sites excluding steroid dienone is 6. The van der Waals surface area contributed by atoms with E-state index in [0.717, 1.165) is 31.4 Å². The van der Waals surface area contributed by atoms with Crippen molar-refractivity contribution in [3.63, 3.8) is 0 Å². The van der Waals surface area contributed by atoms with Gasteiger partial charge in [-0.05, 0) is 91.6 Å². The van der Waals surface area contributed by atoms with Crippen molar-refractivity contribution in [1.82, 2.24) is 0 Å². The Morgan fingerprint density at radius 1 is 0.667 bits per heavy atom. The second-order valence-electron chi connectivity index (χ2n) is 13.7. The lowest BCUT2D eigenvalue weighted by molar-refractivity contribution is 0.735. The predicted molar refractivity (Wildman–Crippen MR) is 214 cm³/mol. The van der Waals surface area contributed by atoms with Crippen molar-refractivity contribution in [3.05, 3.63) is 196 Å². The van der Waals surface area contributed by atoms with Crippen molar-refractivity contribution in [2.45, 2.75) is 44.8 Å². The van der Waals surface area contributed by atoms with E-state index in [-0.39, 0.29) is 12.2 Å². The zero-order chi connectivity index (χ0) is 34.1. The van der Waals surface area contributed by atoms with Crippen molar-refractivity contribution in [3.8, 4) is 0 Å². The summed E-state index contributed by atoms with van der Waals surface area (Å²) in [5.74, 6) is 0. The Morgan fingerprint density at radius 3 is 2.22 bits per heavy atom.